The Bertz CT molecular complexity index is 766. The number of rotatable bonds is 5. The molecule has 1 saturated heterocycles. The number of likely N-dealkylation sites (tertiary alicyclic amines) is 1. The summed E-state index contributed by atoms with van der Waals surface area (Å²) < 4.78 is 5.22. The van der Waals surface area contributed by atoms with Crippen molar-refractivity contribution < 1.29 is 4.74 Å². The minimum absolute atomic E-state index is 0.274. The van der Waals surface area contributed by atoms with Gasteiger partial charge in [0.05, 0.1) is 24.4 Å². The average Bonchev–Trinajstić information content (AvgIpc) is 3.09. The number of nitrogens with zero attached hydrogens (tertiary/aromatic N) is 5. The normalized spacial score (nSPS) is 17.3. The summed E-state index contributed by atoms with van der Waals surface area (Å²) in [6.07, 6.45) is 2.22. The maximum atomic E-state index is 9.27. The zero-order valence-corrected chi connectivity index (χ0v) is 14.9. The lowest BCUT2D eigenvalue weighted by Gasteiger charge is -2.24. The van der Waals surface area contributed by atoms with Crippen LogP contribution in [0.5, 0.6) is 5.75 Å². The second-order valence-electron chi connectivity index (χ2n) is 6.49. The summed E-state index contributed by atoms with van der Waals surface area (Å²) in [4.78, 5) is 4.35. The van der Waals surface area contributed by atoms with E-state index in [9.17, 15) is 5.26 Å². The number of hydrogen-bond acceptors (Lipinski definition) is 6. The highest BCUT2D eigenvalue weighted by atomic mass is 16.5. The summed E-state index contributed by atoms with van der Waals surface area (Å²) in [5.41, 5.74) is 2.70. The third kappa shape index (κ3) is 3.72. The van der Waals surface area contributed by atoms with Gasteiger partial charge >= 0.3 is 0 Å². The number of aromatic nitrogens is 2. The number of hydrogen-bond donors (Lipinski definition) is 0. The highest BCUT2D eigenvalue weighted by Crippen LogP contribution is 2.32. The monoisotopic (exact) mass is 337 g/mol. The first-order valence-electron chi connectivity index (χ1n) is 8.44. The first kappa shape index (κ1) is 17.2. The van der Waals surface area contributed by atoms with E-state index in [2.05, 4.69) is 27.2 Å². The molecule has 6 heteroatoms. The van der Waals surface area contributed by atoms with E-state index in [0.717, 1.165) is 43.0 Å². The first-order chi connectivity index (χ1) is 12.1. The Morgan fingerprint density at radius 2 is 2.12 bits per heavy atom. The van der Waals surface area contributed by atoms with Crippen LogP contribution >= 0.6 is 0 Å². The Kier molecular flexibility index (Phi) is 5.15. The molecule has 25 heavy (non-hydrogen) atoms. The molecule has 0 spiro atoms. The molecule has 0 radical (unpaired) electrons. The van der Waals surface area contributed by atoms with Gasteiger partial charge < -0.3 is 9.64 Å². The Morgan fingerprint density at radius 3 is 2.76 bits per heavy atom. The smallest absolute Gasteiger partial charge is 0.150 e. The SMILES string of the molecule is COc1ccc(CN2CCCC2c2ccc(N(C)C)nn2)cc1C#N. The summed E-state index contributed by atoms with van der Waals surface area (Å²) in [7, 11) is 5.51. The molecular formula is C19H23N5O. The Morgan fingerprint density at radius 1 is 1.28 bits per heavy atom. The van der Waals surface area contributed by atoms with Gasteiger partial charge in [-0.1, -0.05) is 6.07 Å². The zero-order chi connectivity index (χ0) is 17.8. The molecule has 1 atom stereocenters. The van der Waals surface area contributed by atoms with Crippen LogP contribution in [0.15, 0.2) is 30.3 Å². The third-order valence-electron chi connectivity index (χ3n) is 4.60. The van der Waals surface area contributed by atoms with Gasteiger partial charge in [0.25, 0.3) is 0 Å². The van der Waals surface area contributed by atoms with Crippen LogP contribution in [0.4, 0.5) is 5.82 Å². The molecule has 0 aliphatic carbocycles. The molecule has 1 aromatic carbocycles. The fourth-order valence-corrected chi connectivity index (χ4v) is 3.28. The van der Waals surface area contributed by atoms with Gasteiger partial charge in [-0.3, -0.25) is 4.90 Å². The molecule has 1 aromatic heterocycles. The fourth-order valence-electron chi connectivity index (χ4n) is 3.28. The molecule has 1 unspecified atom stereocenters. The van der Waals surface area contributed by atoms with E-state index < -0.39 is 0 Å². The van der Waals surface area contributed by atoms with Crippen molar-refractivity contribution in [3.8, 4) is 11.8 Å². The van der Waals surface area contributed by atoms with Crippen molar-refractivity contribution in [2.45, 2.75) is 25.4 Å². The van der Waals surface area contributed by atoms with Crippen LogP contribution in [0.25, 0.3) is 0 Å². The molecule has 3 rings (SSSR count). The molecule has 0 bridgehead atoms. The van der Waals surface area contributed by atoms with Gasteiger partial charge in [-0.05, 0) is 49.2 Å². The van der Waals surface area contributed by atoms with Gasteiger partial charge in [-0.2, -0.15) is 10.4 Å². The van der Waals surface area contributed by atoms with Crippen LogP contribution < -0.4 is 9.64 Å². The van der Waals surface area contributed by atoms with Crippen molar-refractivity contribution in [1.29, 1.82) is 5.26 Å². The van der Waals surface area contributed by atoms with Gasteiger partial charge in [0.2, 0.25) is 0 Å². The Labute approximate surface area is 148 Å². The molecule has 2 aromatic rings. The lowest BCUT2D eigenvalue weighted by Crippen LogP contribution is -2.24. The molecule has 1 aliphatic rings. The van der Waals surface area contributed by atoms with Crippen molar-refractivity contribution in [3.63, 3.8) is 0 Å². The highest BCUT2D eigenvalue weighted by molar-refractivity contribution is 5.45. The molecule has 1 fully saturated rings. The van der Waals surface area contributed by atoms with Crippen molar-refractivity contribution in [2.24, 2.45) is 0 Å². The fraction of sp³-hybridized carbons (Fsp3) is 0.421. The number of methoxy groups -OCH3 is 1. The van der Waals surface area contributed by atoms with Crippen molar-refractivity contribution in [3.05, 3.63) is 47.2 Å². The summed E-state index contributed by atoms with van der Waals surface area (Å²) in [6, 6.07) is 12.4. The largest absolute Gasteiger partial charge is 0.495 e. The van der Waals surface area contributed by atoms with Crippen molar-refractivity contribution in [1.82, 2.24) is 15.1 Å². The summed E-state index contributed by atoms with van der Waals surface area (Å²) >= 11 is 0. The molecule has 2 heterocycles. The van der Waals surface area contributed by atoms with E-state index >= 15 is 0 Å². The maximum absolute atomic E-state index is 9.27. The second kappa shape index (κ2) is 7.49. The minimum atomic E-state index is 0.274. The molecule has 130 valence electrons. The lowest BCUT2D eigenvalue weighted by molar-refractivity contribution is 0.243. The Hall–Kier alpha value is -2.65. The molecular weight excluding hydrogens is 314 g/mol. The van der Waals surface area contributed by atoms with Crippen LogP contribution in [-0.2, 0) is 6.54 Å². The van der Waals surface area contributed by atoms with Crippen LogP contribution in [0.2, 0.25) is 0 Å². The van der Waals surface area contributed by atoms with Crippen LogP contribution in [-0.4, -0.2) is 42.8 Å². The molecule has 1 aliphatic heterocycles. The second-order valence-corrected chi connectivity index (χ2v) is 6.49. The number of nitriles is 1. The highest BCUT2D eigenvalue weighted by Gasteiger charge is 2.27. The van der Waals surface area contributed by atoms with E-state index in [0.29, 0.717) is 11.3 Å². The Balaban J connectivity index is 1.77. The van der Waals surface area contributed by atoms with Gasteiger partial charge in [-0.15, -0.1) is 5.10 Å². The minimum Gasteiger partial charge on any atom is -0.495 e. The predicted octanol–water partition coefficient (Wildman–Crippen LogP) is 2.76. The van der Waals surface area contributed by atoms with Crippen molar-refractivity contribution in [2.75, 3.05) is 32.6 Å². The quantitative estimate of drug-likeness (QED) is 0.836. The van der Waals surface area contributed by atoms with Crippen LogP contribution in [0.1, 0.15) is 35.7 Å². The number of ether oxygens (including phenoxy) is 1. The molecule has 0 N–H and O–H groups in total. The zero-order valence-electron chi connectivity index (χ0n) is 14.9. The van der Waals surface area contributed by atoms with Gasteiger partial charge in [0.15, 0.2) is 5.82 Å². The van der Waals surface area contributed by atoms with Gasteiger partial charge in [0.1, 0.15) is 11.8 Å². The van der Waals surface area contributed by atoms with E-state index in [4.69, 9.17) is 4.74 Å². The van der Waals surface area contributed by atoms with Gasteiger partial charge in [0, 0.05) is 20.6 Å². The van der Waals surface area contributed by atoms with Crippen molar-refractivity contribution >= 4 is 5.82 Å². The average molecular weight is 337 g/mol. The molecule has 0 saturated carbocycles. The number of anilines is 1. The summed E-state index contributed by atoms with van der Waals surface area (Å²) in [5, 5.41) is 18.0. The van der Waals surface area contributed by atoms with Crippen LogP contribution in [0, 0.1) is 11.3 Å². The standard InChI is InChI=1S/C19H23N5O/c1-23(2)19-9-7-16(21-22-19)17-5-4-10-24(17)13-14-6-8-18(25-3)15(11-14)12-20/h6-9,11,17H,4-5,10,13H2,1-3H3. The lowest BCUT2D eigenvalue weighted by atomic mass is 10.1. The summed E-state index contributed by atoms with van der Waals surface area (Å²) in [6.45, 7) is 1.82. The third-order valence-corrected chi connectivity index (χ3v) is 4.60. The van der Waals surface area contributed by atoms with Gasteiger partial charge in [-0.25, -0.2) is 0 Å². The molecule has 0 amide bonds. The van der Waals surface area contributed by atoms with E-state index in [1.54, 1.807) is 7.11 Å². The first-order valence-corrected chi connectivity index (χ1v) is 8.44. The van der Waals surface area contributed by atoms with E-state index in [1.165, 1.54) is 0 Å². The van der Waals surface area contributed by atoms with E-state index in [-0.39, 0.29) is 6.04 Å². The topological polar surface area (TPSA) is 65.3 Å². The van der Waals surface area contributed by atoms with Crippen LogP contribution in [0.3, 0.4) is 0 Å². The van der Waals surface area contributed by atoms with E-state index in [1.807, 2.05) is 43.3 Å². The number of benzene rings is 1. The maximum Gasteiger partial charge on any atom is 0.150 e. The summed E-state index contributed by atoms with van der Waals surface area (Å²) in [5.74, 6) is 1.48. The predicted molar refractivity (Wildman–Crippen MR) is 96.5 cm³/mol. The molecule has 6 nitrogen and oxygen atoms in total.